The molecule has 2 N–H and O–H groups in total. The third-order valence-electron chi connectivity index (χ3n) is 2.88. The van der Waals surface area contributed by atoms with Gasteiger partial charge >= 0.3 is 0 Å². The zero-order chi connectivity index (χ0) is 12.4. The SMILES string of the molecule is C=C1C=C(C(=O)NCC2CNC2)C(C(F)F)=C1. The molecule has 0 aromatic heterocycles. The number of carbonyl (C=O) groups is 1. The molecule has 0 radical (unpaired) electrons. The summed E-state index contributed by atoms with van der Waals surface area (Å²) in [4.78, 5) is 11.7. The van der Waals surface area contributed by atoms with Crippen LogP contribution in [0.2, 0.25) is 0 Å². The van der Waals surface area contributed by atoms with Crippen LogP contribution in [0.3, 0.4) is 0 Å². The summed E-state index contributed by atoms with van der Waals surface area (Å²) < 4.78 is 25.3. The van der Waals surface area contributed by atoms with E-state index in [-0.39, 0.29) is 11.1 Å². The molecule has 92 valence electrons. The van der Waals surface area contributed by atoms with Crippen LogP contribution in [0.5, 0.6) is 0 Å². The maximum absolute atomic E-state index is 12.7. The van der Waals surface area contributed by atoms with Gasteiger partial charge in [-0.15, -0.1) is 0 Å². The molecule has 2 aliphatic rings. The monoisotopic (exact) mass is 240 g/mol. The summed E-state index contributed by atoms with van der Waals surface area (Å²) in [6, 6.07) is 0. The van der Waals surface area contributed by atoms with Gasteiger partial charge in [0.15, 0.2) is 0 Å². The highest BCUT2D eigenvalue weighted by molar-refractivity contribution is 6.00. The highest BCUT2D eigenvalue weighted by atomic mass is 19.3. The second kappa shape index (κ2) is 4.79. The molecule has 1 heterocycles. The summed E-state index contributed by atoms with van der Waals surface area (Å²) in [5.74, 6) is -0.0368. The van der Waals surface area contributed by atoms with Crippen molar-refractivity contribution in [2.24, 2.45) is 5.92 Å². The molecular formula is C12H14F2N2O. The molecule has 1 aliphatic carbocycles. The van der Waals surface area contributed by atoms with Crippen molar-refractivity contribution in [1.82, 2.24) is 10.6 Å². The van der Waals surface area contributed by atoms with E-state index < -0.39 is 12.3 Å². The standard InChI is InChI=1S/C12H14F2N2O/c1-7-2-9(11(13)14)10(3-7)12(17)16-6-8-4-15-5-8/h2-3,8,11,15H,1,4-6H2,(H,16,17). The number of amides is 1. The van der Waals surface area contributed by atoms with Gasteiger partial charge in [-0.3, -0.25) is 4.79 Å². The molecule has 0 aromatic carbocycles. The molecule has 0 atom stereocenters. The van der Waals surface area contributed by atoms with Gasteiger partial charge in [-0.05, 0) is 17.7 Å². The fraction of sp³-hybridized carbons (Fsp3) is 0.417. The van der Waals surface area contributed by atoms with Crippen LogP contribution in [0.4, 0.5) is 8.78 Å². The number of hydrogen-bond acceptors (Lipinski definition) is 2. The number of allylic oxidation sites excluding steroid dienone is 3. The van der Waals surface area contributed by atoms with Crippen molar-refractivity contribution in [3.63, 3.8) is 0 Å². The Kier molecular flexibility index (Phi) is 3.38. The summed E-state index contributed by atoms with van der Waals surface area (Å²) >= 11 is 0. The third-order valence-corrected chi connectivity index (χ3v) is 2.88. The zero-order valence-electron chi connectivity index (χ0n) is 9.30. The maximum atomic E-state index is 12.7. The van der Waals surface area contributed by atoms with E-state index in [1.54, 1.807) is 0 Å². The van der Waals surface area contributed by atoms with Gasteiger partial charge in [-0.2, -0.15) is 0 Å². The Hall–Kier alpha value is -1.49. The number of nitrogens with one attached hydrogen (secondary N) is 2. The molecule has 1 aliphatic heterocycles. The Morgan fingerprint density at radius 2 is 2.24 bits per heavy atom. The van der Waals surface area contributed by atoms with E-state index in [2.05, 4.69) is 17.2 Å². The molecule has 1 fully saturated rings. The molecule has 5 heteroatoms. The minimum Gasteiger partial charge on any atom is -0.352 e. The first-order valence-corrected chi connectivity index (χ1v) is 5.47. The fourth-order valence-corrected chi connectivity index (χ4v) is 1.79. The van der Waals surface area contributed by atoms with Gasteiger partial charge in [0, 0.05) is 36.7 Å². The van der Waals surface area contributed by atoms with Crippen molar-refractivity contribution in [2.45, 2.75) is 6.43 Å². The summed E-state index contributed by atoms with van der Waals surface area (Å²) in [5, 5.41) is 5.75. The van der Waals surface area contributed by atoms with Crippen molar-refractivity contribution in [3.8, 4) is 0 Å². The molecule has 1 saturated heterocycles. The summed E-state index contributed by atoms with van der Waals surface area (Å²) in [6.45, 7) is 5.82. The van der Waals surface area contributed by atoms with E-state index in [9.17, 15) is 13.6 Å². The van der Waals surface area contributed by atoms with Gasteiger partial charge in [0.2, 0.25) is 0 Å². The van der Waals surface area contributed by atoms with Crippen molar-refractivity contribution >= 4 is 5.91 Å². The Morgan fingerprint density at radius 1 is 1.53 bits per heavy atom. The Balaban J connectivity index is 1.96. The molecule has 0 spiro atoms. The first-order valence-electron chi connectivity index (χ1n) is 5.47. The number of alkyl halides is 2. The predicted molar refractivity (Wildman–Crippen MR) is 60.7 cm³/mol. The van der Waals surface area contributed by atoms with Crippen molar-refractivity contribution in [1.29, 1.82) is 0 Å². The van der Waals surface area contributed by atoms with Gasteiger partial charge in [0.25, 0.3) is 12.3 Å². The molecule has 0 bridgehead atoms. The van der Waals surface area contributed by atoms with Gasteiger partial charge in [-0.1, -0.05) is 6.58 Å². The first-order chi connectivity index (χ1) is 8.08. The molecule has 3 nitrogen and oxygen atoms in total. The maximum Gasteiger partial charge on any atom is 0.264 e. The van der Waals surface area contributed by atoms with Gasteiger partial charge in [0.1, 0.15) is 0 Å². The molecule has 0 aromatic rings. The van der Waals surface area contributed by atoms with Crippen LogP contribution in [-0.2, 0) is 4.79 Å². The van der Waals surface area contributed by atoms with Gasteiger partial charge in [-0.25, -0.2) is 8.78 Å². The summed E-state index contributed by atoms with van der Waals surface area (Å²) in [7, 11) is 0. The van der Waals surface area contributed by atoms with E-state index in [0.717, 1.165) is 13.1 Å². The minimum absolute atomic E-state index is 0.0392. The van der Waals surface area contributed by atoms with Crippen LogP contribution in [0, 0.1) is 5.92 Å². The van der Waals surface area contributed by atoms with Gasteiger partial charge in [0.05, 0.1) is 0 Å². The van der Waals surface area contributed by atoms with Crippen molar-refractivity contribution < 1.29 is 13.6 Å². The second-order valence-corrected chi connectivity index (χ2v) is 4.27. The van der Waals surface area contributed by atoms with Crippen LogP contribution in [0.1, 0.15) is 0 Å². The van der Waals surface area contributed by atoms with E-state index in [1.807, 2.05) is 0 Å². The van der Waals surface area contributed by atoms with Crippen LogP contribution < -0.4 is 10.6 Å². The van der Waals surface area contributed by atoms with E-state index in [1.165, 1.54) is 12.2 Å². The fourth-order valence-electron chi connectivity index (χ4n) is 1.79. The average molecular weight is 240 g/mol. The van der Waals surface area contributed by atoms with Gasteiger partial charge < -0.3 is 10.6 Å². The molecule has 0 saturated carbocycles. The van der Waals surface area contributed by atoms with Crippen LogP contribution in [0.25, 0.3) is 0 Å². The Morgan fingerprint density at radius 3 is 2.76 bits per heavy atom. The lowest BCUT2D eigenvalue weighted by Crippen LogP contribution is -2.48. The largest absolute Gasteiger partial charge is 0.352 e. The lowest BCUT2D eigenvalue weighted by molar-refractivity contribution is -0.117. The average Bonchev–Trinajstić information content (AvgIpc) is 2.58. The summed E-state index contributed by atoms with van der Waals surface area (Å²) in [6.07, 6.45) is 0.0111. The number of carbonyl (C=O) groups excluding carboxylic acids is 1. The normalized spacial score (nSPS) is 20.1. The lowest BCUT2D eigenvalue weighted by atomic mass is 10.0. The van der Waals surface area contributed by atoms with Crippen LogP contribution in [0.15, 0.2) is 35.5 Å². The minimum atomic E-state index is -2.64. The first kappa shape index (κ1) is 12.0. The Bertz CT molecular complexity index is 409. The van der Waals surface area contributed by atoms with Crippen LogP contribution in [-0.4, -0.2) is 32.0 Å². The topological polar surface area (TPSA) is 41.1 Å². The molecule has 0 unspecified atom stereocenters. The quantitative estimate of drug-likeness (QED) is 0.770. The number of hydrogen-bond donors (Lipinski definition) is 2. The van der Waals surface area contributed by atoms with E-state index in [0.29, 0.717) is 18.0 Å². The van der Waals surface area contributed by atoms with E-state index in [4.69, 9.17) is 0 Å². The van der Waals surface area contributed by atoms with E-state index >= 15 is 0 Å². The molecule has 1 amide bonds. The highest BCUT2D eigenvalue weighted by Crippen LogP contribution is 2.27. The van der Waals surface area contributed by atoms with Crippen molar-refractivity contribution in [2.75, 3.05) is 19.6 Å². The summed E-state index contributed by atoms with van der Waals surface area (Å²) in [5.41, 5.74) is 0.243. The number of rotatable bonds is 4. The highest BCUT2D eigenvalue weighted by Gasteiger charge is 2.26. The molecule has 2 rings (SSSR count). The number of halogens is 2. The molecule has 17 heavy (non-hydrogen) atoms. The lowest BCUT2D eigenvalue weighted by Gasteiger charge is -2.27. The zero-order valence-corrected chi connectivity index (χ0v) is 9.30. The Labute approximate surface area is 98.3 Å². The molecular weight excluding hydrogens is 226 g/mol. The smallest absolute Gasteiger partial charge is 0.264 e. The van der Waals surface area contributed by atoms with Crippen molar-refractivity contribution in [3.05, 3.63) is 35.5 Å². The predicted octanol–water partition coefficient (Wildman–Crippen LogP) is 1.01. The van der Waals surface area contributed by atoms with Crippen LogP contribution >= 0.6 is 0 Å². The third kappa shape index (κ3) is 2.61. The second-order valence-electron chi connectivity index (χ2n) is 4.27.